The van der Waals surface area contributed by atoms with Crippen molar-refractivity contribution < 1.29 is 13.9 Å². The average molecular weight is 580 g/mol. The van der Waals surface area contributed by atoms with E-state index in [1.807, 2.05) is 47.4 Å². The number of nitrogens with zero attached hydrogens (tertiary/aromatic N) is 8. The number of piperazine rings is 1. The highest BCUT2D eigenvalue weighted by atomic mass is 19.1. The van der Waals surface area contributed by atoms with Crippen LogP contribution in [-0.2, 0) is 9.53 Å². The summed E-state index contributed by atoms with van der Waals surface area (Å²) in [5.74, 6) is 0.259. The molecule has 0 spiro atoms. The fourth-order valence-electron chi connectivity index (χ4n) is 5.43. The van der Waals surface area contributed by atoms with Crippen molar-refractivity contribution in [3.8, 4) is 5.82 Å². The summed E-state index contributed by atoms with van der Waals surface area (Å²) in [7, 11) is 1.49. The molecule has 12 nitrogen and oxygen atoms in total. The highest BCUT2D eigenvalue weighted by Crippen LogP contribution is 2.27. The Hall–Kier alpha value is -5.43. The van der Waals surface area contributed by atoms with Gasteiger partial charge in [0.15, 0.2) is 17.1 Å². The van der Waals surface area contributed by atoms with E-state index in [9.17, 15) is 9.59 Å². The highest BCUT2D eigenvalue weighted by molar-refractivity contribution is 5.95. The van der Waals surface area contributed by atoms with Gasteiger partial charge in [0.2, 0.25) is 11.9 Å². The number of rotatable bonds is 6. The lowest BCUT2D eigenvalue weighted by Crippen LogP contribution is -2.49. The predicted molar refractivity (Wildman–Crippen MR) is 160 cm³/mol. The summed E-state index contributed by atoms with van der Waals surface area (Å²) in [4.78, 5) is 47.4. The van der Waals surface area contributed by atoms with E-state index in [4.69, 9.17) is 9.72 Å². The topological polar surface area (TPSA) is 123 Å². The summed E-state index contributed by atoms with van der Waals surface area (Å²) in [6.07, 6.45) is 3.08. The lowest BCUT2D eigenvalue weighted by atomic mass is 10.2. The molecule has 0 atom stereocenters. The monoisotopic (exact) mass is 579 g/mol. The van der Waals surface area contributed by atoms with E-state index >= 15 is 4.39 Å². The van der Waals surface area contributed by atoms with Crippen molar-refractivity contribution in [3.05, 3.63) is 89.2 Å². The molecule has 5 heterocycles. The maximum Gasteiger partial charge on any atom is 0.284 e. The summed E-state index contributed by atoms with van der Waals surface area (Å²) in [6.45, 7) is 2.05. The molecule has 7 rings (SSSR count). The maximum absolute atomic E-state index is 15.2. The van der Waals surface area contributed by atoms with Crippen LogP contribution in [0.15, 0.2) is 77.9 Å². The van der Waals surface area contributed by atoms with Gasteiger partial charge in [0, 0.05) is 56.8 Å². The summed E-state index contributed by atoms with van der Waals surface area (Å²) >= 11 is 0. The number of ether oxygens (including phenoxy) is 1. The molecule has 1 amide bonds. The molecule has 1 aliphatic heterocycles. The van der Waals surface area contributed by atoms with Crippen LogP contribution >= 0.6 is 0 Å². The second-order valence-electron chi connectivity index (χ2n) is 10.1. The first kappa shape index (κ1) is 26.5. The van der Waals surface area contributed by atoms with Crippen LogP contribution in [0.2, 0.25) is 0 Å². The van der Waals surface area contributed by atoms with Crippen molar-refractivity contribution in [1.29, 1.82) is 0 Å². The second-order valence-corrected chi connectivity index (χ2v) is 10.1. The summed E-state index contributed by atoms with van der Waals surface area (Å²) in [5.41, 5.74) is 1.97. The van der Waals surface area contributed by atoms with E-state index in [1.54, 1.807) is 27.9 Å². The normalized spacial score (nSPS) is 13.7. The number of pyridine rings is 1. The molecule has 1 saturated heterocycles. The van der Waals surface area contributed by atoms with E-state index in [1.165, 1.54) is 23.9 Å². The Labute approximate surface area is 244 Å². The average Bonchev–Trinajstić information content (AvgIpc) is 3.36. The molecule has 0 aliphatic carbocycles. The zero-order chi connectivity index (χ0) is 29.5. The minimum atomic E-state index is -0.414. The number of fused-ring (bicyclic) bond motifs is 4. The molecule has 1 N–H and O–H groups in total. The third-order valence-electron chi connectivity index (χ3n) is 7.49. The first-order chi connectivity index (χ1) is 21.0. The van der Waals surface area contributed by atoms with Gasteiger partial charge in [-0.1, -0.05) is 18.2 Å². The minimum Gasteiger partial charge on any atom is -0.375 e. The van der Waals surface area contributed by atoms with Crippen molar-refractivity contribution in [2.75, 3.05) is 50.1 Å². The molecular formula is C30H26FN9O3. The van der Waals surface area contributed by atoms with E-state index in [2.05, 4.69) is 20.3 Å². The molecule has 13 heteroatoms. The quantitative estimate of drug-likeness (QED) is 0.317. The second kappa shape index (κ2) is 10.8. The van der Waals surface area contributed by atoms with Gasteiger partial charge in [-0.05, 0) is 42.5 Å². The van der Waals surface area contributed by atoms with Gasteiger partial charge >= 0.3 is 0 Å². The van der Waals surface area contributed by atoms with Crippen molar-refractivity contribution >= 4 is 50.8 Å². The van der Waals surface area contributed by atoms with Gasteiger partial charge in [-0.3, -0.25) is 9.59 Å². The Morgan fingerprint density at radius 2 is 1.79 bits per heavy atom. The Morgan fingerprint density at radius 3 is 2.56 bits per heavy atom. The van der Waals surface area contributed by atoms with E-state index in [-0.39, 0.29) is 35.1 Å². The molecule has 43 heavy (non-hydrogen) atoms. The number of anilines is 3. The number of hydrogen-bond acceptors (Lipinski definition) is 9. The van der Waals surface area contributed by atoms with Crippen LogP contribution in [0.1, 0.15) is 0 Å². The van der Waals surface area contributed by atoms with Gasteiger partial charge in [-0.2, -0.15) is 9.50 Å². The van der Waals surface area contributed by atoms with Gasteiger partial charge in [-0.15, -0.1) is 0 Å². The van der Waals surface area contributed by atoms with Crippen LogP contribution < -0.4 is 15.8 Å². The van der Waals surface area contributed by atoms with Crippen molar-refractivity contribution in [2.45, 2.75) is 0 Å². The van der Waals surface area contributed by atoms with Crippen molar-refractivity contribution in [2.24, 2.45) is 0 Å². The zero-order valence-corrected chi connectivity index (χ0v) is 23.1. The van der Waals surface area contributed by atoms with Crippen LogP contribution in [0.4, 0.5) is 21.7 Å². The smallest absolute Gasteiger partial charge is 0.284 e. The van der Waals surface area contributed by atoms with Crippen molar-refractivity contribution in [3.63, 3.8) is 0 Å². The van der Waals surface area contributed by atoms with Crippen LogP contribution in [0.3, 0.4) is 0 Å². The molecular weight excluding hydrogens is 553 g/mol. The number of amides is 1. The lowest BCUT2D eigenvalue weighted by molar-refractivity contribution is -0.135. The largest absolute Gasteiger partial charge is 0.375 e. The van der Waals surface area contributed by atoms with Crippen molar-refractivity contribution in [1.82, 2.24) is 34.0 Å². The summed E-state index contributed by atoms with van der Waals surface area (Å²) in [6, 6.07) is 17.8. The van der Waals surface area contributed by atoms with Crippen LogP contribution in [0.25, 0.3) is 33.4 Å². The van der Waals surface area contributed by atoms with Crippen LogP contribution in [-0.4, -0.2) is 79.8 Å². The first-order valence-corrected chi connectivity index (χ1v) is 13.7. The molecule has 216 valence electrons. The molecule has 6 aromatic rings. The number of nitrogens with one attached hydrogen (secondary N) is 1. The minimum absolute atomic E-state index is 0.0371. The van der Waals surface area contributed by atoms with Crippen LogP contribution in [0.5, 0.6) is 0 Å². The number of methoxy groups -OCH3 is 1. The fourth-order valence-corrected chi connectivity index (χ4v) is 5.43. The first-order valence-electron chi connectivity index (χ1n) is 13.7. The molecule has 0 bridgehead atoms. The number of carbonyl (C=O) groups is 1. The Kier molecular flexibility index (Phi) is 6.62. The highest BCUT2D eigenvalue weighted by Gasteiger charge is 2.23. The fraction of sp³-hybridized carbons (Fsp3) is 0.200. The Bertz CT molecular complexity index is 2050. The Balaban J connectivity index is 1.19. The van der Waals surface area contributed by atoms with Gasteiger partial charge in [0.1, 0.15) is 17.8 Å². The molecule has 1 aliphatic rings. The summed E-state index contributed by atoms with van der Waals surface area (Å²) in [5, 5.41) is 4.02. The molecule has 2 aromatic carbocycles. The number of carbonyl (C=O) groups excluding carboxylic acids is 1. The number of para-hydroxylation sites is 1. The van der Waals surface area contributed by atoms with E-state index in [0.717, 1.165) is 10.9 Å². The SMILES string of the molecule is COCC(=O)N1CCN(c2ccc(Nc3ncc4c(=O)n5c(nc4n3)c3ccccc3n5-c3ccccn3)cc2F)CC1. The zero-order valence-electron chi connectivity index (χ0n) is 23.1. The number of benzene rings is 2. The molecule has 0 saturated carbocycles. The number of aromatic nitrogens is 6. The van der Waals surface area contributed by atoms with E-state index in [0.29, 0.717) is 49.0 Å². The molecule has 1 fully saturated rings. The predicted octanol–water partition coefficient (Wildman–Crippen LogP) is 3.15. The van der Waals surface area contributed by atoms with Gasteiger partial charge in [0.25, 0.3) is 5.56 Å². The summed E-state index contributed by atoms with van der Waals surface area (Å²) < 4.78 is 23.3. The third-order valence-corrected chi connectivity index (χ3v) is 7.49. The lowest BCUT2D eigenvalue weighted by Gasteiger charge is -2.36. The van der Waals surface area contributed by atoms with Gasteiger partial charge < -0.3 is 19.9 Å². The van der Waals surface area contributed by atoms with Gasteiger partial charge in [0.05, 0.1) is 11.2 Å². The Morgan fingerprint density at radius 1 is 0.977 bits per heavy atom. The number of hydrogen-bond donors (Lipinski definition) is 1. The molecule has 0 radical (unpaired) electrons. The van der Waals surface area contributed by atoms with Crippen LogP contribution in [0, 0.1) is 5.82 Å². The van der Waals surface area contributed by atoms with E-state index < -0.39 is 5.82 Å². The molecule has 0 unspecified atom stereocenters. The third kappa shape index (κ3) is 4.69. The standard InChI is InChI=1S/C30H26FN9O3/c1-43-18-26(41)38-14-12-37(13-15-38)24-10-9-19(16-22(24)31)34-30-33-17-21-27(36-30)35-28-20-6-2-3-7-23(20)39(40(28)29(21)42)25-8-4-5-11-32-25/h2-11,16-17H,12-15,18H2,1H3,(H,33,34,36). The maximum atomic E-state index is 15.2. The van der Waals surface area contributed by atoms with Gasteiger partial charge in [-0.25, -0.2) is 24.0 Å². The number of halogens is 1. The molecule has 4 aromatic heterocycles.